The van der Waals surface area contributed by atoms with Gasteiger partial charge in [0.2, 0.25) is 5.91 Å². The van der Waals surface area contributed by atoms with Gasteiger partial charge in [-0.25, -0.2) is 0 Å². The molecule has 1 atom stereocenters. The van der Waals surface area contributed by atoms with Gasteiger partial charge in [-0.3, -0.25) is 9.59 Å². The van der Waals surface area contributed by atoms with Gasteiger partial charge < -0.3 is 14.7 Å². The summed E-state index contributed by atoms with van der Waals surface area (Å²) in [5, 5.41) is 8.72. The summed E-state index contributed by atoms with van der Waals surface area (Å²) in [4.78, 5) is 24.3. The Hall–Kier alpha value is -1.36. The molecule has 2 fully saturated rings. The van der Waals surface area contributed by atoms with Crippen LogP contribution in [-0.4, -0.2) is 47.7 Å². The van der Waals surface area contributed by atoms with Crippen LogP contribution >= 0.6 is 0 Å². The number of rotatable bonds is 4. The van der Waals surface area contributed by atoms with E-state index in [4.69, 9.17) is 9.84 Å². The number of hydrogen-bond acceptors (Lipinski definition) is 3. The van der Waals surface area contributed by atoms with Crippen molar-refractivity contribution in [3.8, 4) is 0 Å². The van der Waals surface area contributed by atoms with Crippen LogP contribution < -0.4 is 0 Å². The van der Waals surface area contributed by atoms with Crippen LogP contribution in [0.15, 0.2) is 11.6 Å². The normalized spacial score (nSPS) is 25.1. The molecule has 0 aromatic carbocycles. The van der Waals surface area contributed by atoms with Crippen molar-refractivity contribution in [1.29, 1.82) is 0 Å². The van der Waals surface area contributed by atoms with E-state index in [-0.39, 0.29) is 18.4 Å². The predicted molar refractivity (Wildman–Crippen MR) is 65.1 cm³/mol. The molecule has 0 unspecified atom stereocenters. The quantitative estimate of drug-likeness (QED) is 0.760. The number of hydrogen-bond donors (Lipinski definition) is 1. The third-order valence-corrected chi connectivity index (χ3v) is 3.43. The smallest absolute Gasteiger partial charge is 0.306 e. The first-order valence-corrected chi connectivity index (χ1v) is 6.36. The molecule has 1 N–H and O–H groups in total. The maximum Gasteiger partial charge on any atom is 0.306 e. The minimum atomic E-state index is -0.890. The van der Waals surface area contributed by atoms with E-state index < -0.39 is 5.97 Å². The van der Waals surface area contributed by atoms with E-state index >= 15 is 0 Å². The molecule has 0 radical (unpaired) electrons. The summed E-state index contributed by atoms with van der Waals surface area (Å²) in [5.41, 5.74) is 1.14. The van der Waals surface area contributed by atoms with Crippen LogP contribution in [0.25, 0.3) is 0 Å². The maximum absolute atomic E-state index is 12.0. The van der Waals surface area contributed by atoms with E-state index in [1.807, 2.05) is 6.92 Å². The Balaban J connectivity index is 1.89. The minimum absolute atomic E-state index is 0.0157. The van der Waals surface area contributed by atoms with Crippen LogP contribution in [0.4, 0.5) is 0 Å². The Morgan fingerprint density at radius 1 is 1.44 bits per heavy atom. The molecular weight excluding hydrogens is 234 g/mol. The molecule has 0 aromatic heterocycles. The van der Waals surface area contributed by atoms with E-state index in [1.165, 1.54) is 12.8 Å². The Bertz CT molecular complexity index is 373. The number of amides is 1. The predicted octanol–water partition coefficient (Wildman–Crippen LogP) is 1.04. The Morgan fingerprint density at radius 3 is 2.78 bits per heavy atom. The van der Waals surface area contributed by atoms with Crippen LogP contribution in [0, 0.1) is 5.92 Å². The lowest BCUT2D eigenvalue weighted by molar-refractivity contribution is -0.145. The topological polar surface area (TPSA) is 66.8 Å². The number of carboxylic acids is 1. The summed E-state index contributed by atoms with van der Waals surface area (Å²) in [6, 6.07) is 0. The molecule has 1 aliphatic heterocycles. The number of carbonyl (C=O) groups excluding carboxylic acids is 1. The second-order valence-corrected chi connectivity index (χ2v) is 5.04. The van der Waals surface area contributed by atoms with Crippen molar-refractivity contribution in [3.05, 3.63) is 11.6 Å². The van der Waals surface area contributed by atoms with Gasteiger partial charge in [0, 0.05) is 19.2 Å². The van der Waals surface area contributed by atoms with Crippen molar-refractivity contribution in [2.24, 2.45) is 5.92 Å². The Labute approximate surface area is 106 Å². The molecule has 5 heteroatoms. The summed E-state index contributed by atoms with van der Waals surface area (Å²) in [6.45, 7) is 3.33. The third kappa shape index (κ3) is 3.57. The zero-order valence-electron chi connectivity index (χ0n) is 10.6. The highest BCUT2D eigenvalue weighted by Crippen LogP contribution is 2.36. The first kappa shape index (κ1) is 13.1. The second kappa shape index (κ2) is 5.52. The second-order valence-electron chi connectivity index (χ2n) is 5.04. The zero-order valence-corrected chi connectivity index (χ0v) is 10.6. The number of aliphatic carboxylic acids is 1. The highest BCUT2D eigenvalue weighted by molar-refractivity contribution is 5.88. The van der Waals surface area contributed by atoms with Crippen LogP contribution in [-0.2, 0) is 14.3 Å². The van der Waals surface area contributed by atoms with Gasteiger partial charge in [0.15, 0.2) is 0 Å². The van der Waals surface area contributed by atoms with Gasteiger partial charge in [-0.15, -0.1) is 0 Å². The lowest BCUT2D eigenvalue weighted by atomic mass is 10.1. The van der Waals surface area contributed by atoms with Gasteiger partial charge in [0.25, 0.3) is 0 Å². The van der Waals surface area contributed by atoms with Crippen molar-refractivity contribution >= 4 is 11.9 Å². The highest BCUT2D eigenvalue weighted by Gasteiger charge is 2.27. The molecule has 1 aliphatic carbocycles. The zero-order chi connectivity index (χ0) is 13.1. The third-order valence-electron chi connectivity index (χ3n) is 3.43. The monoisotopic (exact) mass is 253 g/mol. The van der Waals surface area contributed by atoms with Crippen molar-refractivity contribution < 1.29 is 19.4 Å². The SMILES string of the molecule is C/C(=C\C(=O)N1CCO[C@H](CC(=O)O)C1)C1CC1. The van der Waals surface area contributed by atoms with E-state index in [9.17, 15) is 9.59 Å². The molecule has 1 amide bonds. The van der Waals surface area contributed by atoms with Gasteiger partial charge in [-0.2, -0.15) is 0 Å². The molecule has 0 spiro atoms. The molecule has 100 valence electrons. The summed E-state index contributed by atoms with van der Waals surface area (Å²) in [5.74, 6) is -0.318. The molecule has 2 aliphatic rings. The van der Waals surface area contributed by atoms with E-state index in [1.54, 1.807) is 11.0 Å². The van der Waals surface area contributed by atoms with E-state index in [2.05, 4.69) is 0 Å². The van der Waals surface area contributed by atoms with Gasteiger partial charge >= 0.3 is 5.97 Å². The standard InChI is InChI=1S/C13H19NO4/c1-9(10-2-3-10)6-12(15)14-4-5-18-11(8-14)7-13(16)17/h6,10-11H,2-5,7-8H2,1H3,(H,16,17)/b9-6+/t11-/m1/s1. The molecule has 1 heterocycles. The number of ether oxygens (including phenoxy) is 1. The van der Waals surface area contributed by atoms with Gasteiger partial charge in [-0.05, 0) is 25.7 Å². The van der Waals surface area contributed by atoms with Gasteiger partial charge in [0.1, 0.15) is 0 Å². The molecule has 5 nitrogen and oxygen atoms in total. The minimum Gasteiger partial charge on any atom is -0.481 e. The average Bonchev–Trinajstić information content (AvgIpc) is 3.12. The highest BCUT2D eigenvalue weighted by atomic mass is 16.5. The lowest BCUT2D eigenvalue weighted by Gasteiger charge is -2.31. The first-order valence-electron chi connectivity index (χ1n) is 6.36. The first-order chi connectivity index (χ1) is 8.56. The van der Waals surface area contributed by atoms with Gasteiger partial charge in [-0.1, -0.05) is 5.57 Å². The van der Waals surface area contributed by atoms with Crippen molar-refractivity contribution in [2.75, 3.05) is 19.7 Å². The summed E-state index contributed by atoms with van der Waals surface area (Å²) in [7, 11) is 0. The molecule has 2 rings (SSSR count). The number of carbonyl (C=O) groups is 2. The lowest BCUT2D eigenvalue weighted by Crippen LogP contribution is -2.45. The molecule has 1 saturated carbocycles. The summed E-state index contributed by atoms with van der Waals surface area (Å²) >= 11 is 0. The number of nitrogens with zero attached hydrogens (tertiary/aromatic N) is 1. The van der Waals surface area contributed by atoms with Crippen LogP contribution in [0.2, 0.25) is 0 Å². The van der Waals surface area contributed by atoms with Crippen LogP contribution in [0.1, 0.15) is 26.2 Å². The van der Waals surface area contributed by atoms with E-state index in [0.717, 1.165) is 5.57 Å². The maximum atomic E-state index is 12.0. The molecule has 1 saturated heterocycles. The number of allylic oxidation sites excluding steroid dienone is 1. The summed E-state index contributed by atoms with van der Waals surface area (Å²) < 4.78 is 5.34. The fraction of sp³-hybridized carbons (Fsp3) is 0.692. The van der Waals surface area contributed by atoms with Gasteiger partial charge in [0.05, 0.1) is 19.1 Å². The fourth-order valence-electron chi connectivity index (χ4n) is 2.18. The van der Waals surface area contributed by atoms with Crippen LogP contribution in [0.3, 0.4) is 0 Å². The number of morpholine rings is 1. The Kier molecular flexibility index (Phi) is 4.01. The fourth-order valence-corrected chi connectivity index (χ4v) is 2.18. The molecular formula is C13H19NO4. The van der Waals surface area contributed by atoms with Crippen molar-refractivity contribution in [3.63, 3.8) is 0 Å². The summed E-state index contributed by atoms with van der Waals surface area (Å²) in [6.07, 6.45) is 3.63. The van der Waals surface area contributed by atoms with Crippen molar-refractivity contribution in [2.45, 2.75) is 32.3 Å². The molecule has 18 heavy (non-hydrogen) atoms. The van der Waals surface area contributed by atoms with Crippen LogP contribution in [0.5, 0.6) is 0 Å². The average molecular weight is 253 g/mol. The molecule has 0 aromatic rings. The van der Waals surface area contributed by atoms with Crippen molar-refractivity contribution in [1.82, 2.24) is 4.90 Å². The van der Waals surface area contributed by atoms with E-state index in [0.29, 0.717) is 25.6 Å². The largest absolute Gasteiger partial charge is 0.481 e. The molecule has 0 bridgehead atoms. The Morgan fingerprint density at radius 2 is 2.17 bits per heavy atom. The number of carboxylic acid groups (broad SMARTS) is 1.